The maximum Gasteiger partial charge on any atom is 0.224 e. The molecule has 1 aromatic carbocycles. The SMILES string of the molecule is CNCC(C)C(=O)NCC(c1ccc(C)cc1)N1CCCC1.Cl.Cl. The first kappa shape index (κ1) is 23.2. The Morgan fingerprint density at radius 3 is 2.25 bits per heavy atom. The molecular formula is C18H31Cl2N3O. The van der Waals surface area contributed by atoms with Gasteiger partial charge in [0.15, 0.2) is 0 Å². The van der Waals surface area contributed by atoms with Crippen molar-refractivity contribution in [1.29, 1.82) is 0 Å². The van der Waals surface area contributed by atoms with Gasteiger partial charge in [-0.15, -0.1) is 24.8 Å². The summed E-state index contributed by atoms with van der Waals surface area (Å²) in [6.07, 6.45) is 2.51. The molecule has 1 heterocycles. The maximum atomic E-state index is 12.2. The molecule has 2 atom stereocenters. The van der Waals surface area contributed by atoms with Crippen LogP contribution in [0.15, 0.2) is 24.3 Å². The average molecular weight is 376 g/mol. The molecule has 2 unspecified atom stereocenters. The minimum atomic E-state index is 0. The van der Waals surface area contributed by atoms with Crippen LogP contribution in [-0.4, -0.2) is 44.0 Å². The van der Waals surface area contributed by atoms with Crippen molar-refractivity contribution in [2.24, 2.45) is 5.92 Å². The van der Waals surface area contributed by atoms with Crippen molar-refractivity contribution < 1.29 is 4.79 Å². The molecule has 24 heavy (non-hydrogen) atoms. The van der Waals surface area contributed by atoms with Crippen LogP contribution in [0, 0.1) is 12.8 Å². The summed E-state index contributed by atoms with van der Waals surface area (Å²) >= 11 is 0. The largest absolute Gasteiger partial charge is 0.354 e. The number of nitrogens with zero attached hydrogens (tertiary/aromatic N) is 1. The van der Waals surface area contributed by atoms with Crippen LogP contribution in [0.25, 0.3) is 0 Å². The van der Waals surface area contributed by atoms with E-state index >= 15 is 0 Å². The molecule has 0 bridgehead atoms. The smallest absolute Gasteiger partial charge is 0.224 e. The molecule has 0 saturated carbocycles. The zero-order valence-electron chi connectivity index (χ0n) is 14.9. The summed E-state index contributed by atoms with van der Waals surface area (Å²) in [6, 6.07) is 8.99. The van der Waals surface area contributed by atoms with Crippen LogP contribution in [0.1, 0.15) is 36.9 Å². The van der Waals surface area contributed by atoms with E-state index in [1.165, 1.54) is 24.0 Å². The van der Waals surface area contributed by atoms with E-state index in [0.29, 0.717) is 13.1 Å². The van der Waals surface area contributed by atoms with Crippen LogP contribution in [0.2, 0.25) is 0 Å². The number of aryl methyl sites for hydroxylation is 1. The fraction of sp³-hybridized carbons (Fsp3) is 0.611. The summed E-state index contributed by atoms with van der Waals surface area (Å²) in [6.45, 7) is 7.72. The van der Waals surface area contributed by atoms with E-state index in [1.807, 2.05) is 14.0 Å². The molecule has 2 N–H and O–H groups in total. The van der Waals surface area contributed by atoms with Gasteiger partial charge in [-0.25, -0.2) is 0 Å². The molecule has 1 saturated heterocycles. The lowest BCUT2D eigenvalue weighted by molar-refractivity contribution is -0.124. The Bertz CT molecular complexity index is 476. The van der Waals surface area contributed by atoms with E-state index in [1.54, 1.807) is 0 Å². The number of carbonyl (C=O) groups excluding carboxylic acids is 1. The second-order valence-electron chi connectivity index (χ2n) is 6.37. The third-order valence-corrected chi connectivity index (χ3v) is 4.47. The fourth-order valence-corrected chi connectivity index (χ4v) is 3.07. The number of rotatable bonds is 7. The van der Waals surface area contributed by atoms with Crippen molar-refractivity contribution in [3.8, 4) is 0 Å². The summed E-state index contributed by atoms with van der Waals surface area (Å²) in [4.78, 5) is 14.7. The molecule has 138 valence electrons. The molecule has 0 aliphatic carbocycles. The highest BCUT2D eigenvalue weighted by Crippen LogP contribution is 2.25. The van der Waals surface area contributed by atoms with Gasteiger partial charge in [-0.05, 0) is 45.5 Å². The highest BCUT2D eigenvalue weighted by molar-refractivity contribution is 5.85. The van der Waals surface area contributed by atoms with Gasteiger partial charge >= 0.3 is 0 Å². The van der Waals surface area contributed by atoms with E-state index in [9.17, 15) is 4.79 Å². The zero-order chi connectivity index (χ0) is 15.9. The van der Waals surface area contributed by atoms with Crippen molar-refractivity contribution in [3.63, 3.8) is 0 Å². The maximum absolute atomic E-state index is 12.2. The lowest BCUT2D eigenvalue weighted by Crippen LogP contribution is -2.40. The minimum Gasteiger partial charge on any atom is -0.354 e. The van der Waals surface area contributed by atoms with Gasteiger partial charge < -0.3 is 10.6 Å². The molecule has 1 amide bonds. The first-order valence-electron chi connectivity index (χ1n) is 8.34. The van der Waals surface area contributed by atoms with Crippen LogP contribution >= 0.6 is 24.8 Å². The molecular weight excluding hydrogens is 345 g/mol. The minimum absolute atomic E-state index is 0. The zero-order valence-corrected chi connectivity index (χ0v) is 16.5. The van der Waals surface area contributed by atoms with Gasteiger partial charge in [-0.1, -0.05) is 36.8 Å². The summed E-state index contributed by atoms with van der Waals surface area (Å²) in [7, 11) is 1.88. The van der Waals surface area contributed by atoms with E-state index in [4.69, 9.17) is 0 Å². The molecule has 4 nitrogen and oxygen atoms in total. The first-order chi connectivity index (χ1) is 10.6. The van der Waals surface area contributed by atoms with Crippen molar-refractivity contribution in [2.45, 2.75) is 32.7 Å². The molecule has 6 heteroatoms. The Morgan fingerprint density at radius 1 is 1.12 bits per heavy atom. The predicted molar refractivity (Wildman–Crippen MR) is 105 cm³/mol. The molecule has 1 fully saturated rings. The van der Waals surface area contributed by atoms with Crippen molar-refractivity contribution in [3.05, 3.63) is 35.4 Å². The first-order valence-corrected chi connectivity index (χ1v) is 8.34. The van der Waals surface area contributed by atoms with Crippen LogP contribution < -0.4 is 10.6 Å². The van der Waals surface area contributed by atoms with Crippen molar-refractivity contribution in [2.75, 3.05) is 33.2 Å². The van der Waals surface area contributed by atoms with Crippen LogP contribution in [-0.2, 0) is 4.79 Å². The van der Waals surface area contributed by atoms with Crippen LogP contribution in [0.4, 0.5) is 0 Å². The van der Waals surface area contributed by atoms with Crippen molar-refractivity contribution in [1.82, 2.24) is 15.5 Å². The number of benzene rings is 1. The molecule has 1 aliphatic heterocycles. The number of hydrogen-bond donors (Lipinski definition) is 2. The van der Waals surface area contributed by atoms with E-state index in [0.717, 1.165) is 13.1 Å². The molecule has 0 spiro atoms. The number of amides is 1. The Balaban J connectivity index is 0.00000264. The average Bonchev–Trinajstić information content (AvgIpc) is 3.03. The van der Waals surface area contributed by atoms with Crippen LogP contribution in [0.3, 0.4) is 0 Å². The number of hydrogen-bond acceptors (Lipinski definition) is 3. The van der Waals surface area contributed by atoms with E-state index < -0.39 is 0 Å². The topological polar surface area (TPSA) is 44.4 Å². The fourth-order valence-electron chi connectivity index (χ4n) is 3.07. The second kappa shape index (κ2) is 11.7. The highest BCUT2D eigenvalue weighted by atomic mass is 35.5. The second-order valence-corrected chi connectivity index (χ2v) is 6.37. The Labute approximate surface area is 158 Å². The normalized spacial score (nSPS) is 16.6. The van der Waals surface area contributed by atoms with Gasteiger partial charge in [-0.2, -0.15) is 0 Å². The Morgan fingerprint density at radius 2 is 1.71 bits per heavy atom. The monoisotopic (exact) mass is 375 g/mol. The van der Waals surface area contributed by atoms with Gasteiger partial charge in [-0.3, -0.25) is 9.69 Å². The van der Waals surface area contributed by atoms with E-state index in [2.05, 4.69) is 46.7 Å². The lowest BCUT2D eigenvalue weighted by Gasteiger charge is -2.28. The van der Waals surface area contributed by atoms with Crippen LogP contribution in [0.5, 0.6) is 0 Å². The van der Waals surface area contributed by atoms with Gasteiger partial charge in [0.1, 0.15) is 0 Å². The van der Waals surface area contributed by atoms with E-state index in [-0.39, 0.29) is 42.7 Å². The number of halogens is 2. The molecule has 0 radical (unpaired) electrons. The van der Waals surface area contributed by atoms with Gasteiger partial charge in [0.2, 0.25) is 5.91 Å². The number of nitrogens with one attached hydrogen (secondary N) is 2. The summed E-state index contributed by atoms with van der Waals surface area (Å²) in [5, 5.41) is 6.19. The Hall–Kier alpha value is -0.810. The Kier molecular flexibility index (Phi) is 11.3. The van der Waals surface area contributed by atoms with Gasteiger partial charge in [0.25, 0.3) is 0 Å². The standard InChI is InChI=1S/C18H29N3O.2ClH/c1-14-6-8-16(9-7-14)17(21-10-4-5-11-21)13-20-18(22)15(2)12-19-3;;/h6-9,15,17,19H,4-5,10-13H2,1-3H3,(H,20,22);2*1H. The molecule has 1 aromatic rings. The summed E-state index contributed by atoms with van der Waals surface area (Å²) in [5.41, 5.74) is 2.57. The predicted octanol–water partition coefficient (Wildman–Crippen LogP) is 2.95. The number of likely N-dealkylation sites (tertiary alicyclic amines) is 1. The third-order valence-electron chi connectivity index (χ3n) is 4.47. The molecule has 0 aromatic heterocycles. The molecule has 1 aliphatic rings. The van der Waals surface area contributed by atoms with Crippen molar-refractivity contribution >= 4 is 30.7 Å². The third kappa shape index (κ3) is 6.60. The molecule has 2 rings (SSSR count). The summed E-state index contributed by atoms with van der Waals surface area (Å²) in [5.74, 6) is 0.132. The van der Waals surface area contributed by atoms with Gasteiger partial charge in [0, 0.05) is 19.0 Å². The van der Waals surface area contributed by atoms with Gasteiger partial charge in [0.05, 0.1) is 6.04 Å². The lowest BCUT2D eigenvalue weighted by atomic mass is 10.0. The number of carbonyl (C=O) groups is 1. The summed E-state index contributed by atoms with van der Waals surface area (Å²) < 4.78 is 0. The quantitative estimate of drug-likeness (QED) is 0.769. The highest BCUT2D eigenvalue weighted by Gasteiger charge is 2.24.